The summed E-state index contributed by atoms with van der Waals surface area (Å²) in [6.45, 7) is 2.69. The van der Waals surface area contributed by atoms with E-state index in [1.807, 2.05) is 25.1 Å². The lowest BCUT2D eigenvalue weighted by molar-refractivity contribution is 0.174. The van der Waals surface area contributed by atoms with E-state index in [1.165, 1.54) is 0 Å². The van der Waals surface area contributed by atoms with Gasteiger partial charge in [-0.2, -0.15) is 0 Å². The quantitative estimate of drug-likeness (QED) is 0.768. The fraction of sp³-hybridized carbons (Fsp3) is 0.235. The summed E-state index contributed by atoms with van der Waals surface area (Å²) < 4.78 is 21.5. The van der Waals surface area contributed by atoms with Crippen LogP contribution >= 0.6 is 11.6 Å². The minimum absolute atomic E-state index is 0.218. The maximum Gasteiger partial charge on any atom is 0.231 e. The predicted molar refractivity (Wildman–Crippen MR) is 89.0 cm³/mol. The second-order valence-corrected chi connectivity index (χ2v) is 5.16. The molecular formula is C17H16ClNO4. The van der Waals surface area contributed by atoms with Crippen molar-refractivity contribution in [3.63, 3.8) is 0 Å². The molecule has 1 aliphatic heterocycles. The van der Waals surface area contributed by atoms with Gasteiger partial charge in [0.1, 0.15) is 11.5 Å². The molecule has 5 nitrogen and oxygen atoms in total. The van der Waals surface area contributed by atoms with Crippen molar-refractivity contribution in [2.75, 3.05) is 20.5 Å². The number of methoxy groups -OCH3 is 1. The Morgan fingerprint density at radius 1 is 1.17 bits per heavy atom. The van der Waals surface area contributed by atoms with E-state index in [4.69, 9.17) is 30.5 Å². The second-order valence-electron chi connectivity index (χ2n) is 4.75. The Morgan fingerprint density at radius 2 is 1.96 bits per heavy atom. The molecule has 0 fully saturated rings. The van der Waals surface area contributed by atoms with Crippen molar-refractivity contribution in [2.24, 2.45) is 4.99 Å². The number of rotatable bonds is 5. The Hall–Kier alpha value is -2.40. The molecule has 0 amide bonds. The molecule has 0 spiro atoms. The molecule has 23 heavy (non-hydrogen) atoms. The van der Waals surface area contributed by atoms with E-state index in [0.717, 1.165) is 11.3 Å². The standard InChI is InChI=1S/C17H16ClNO4/c1-3-21-15-8-17-16(22-10-23-17)6-11(15)9-19-12-4-5-14(20-2)13(18)7-12/h4-9H,3,10H2,1-2H3. The predicted octanol–water partition coefficient (Wildman–Crippen LogP) is 4.23. The first-order valence-corrected chi connectivity index (χ1v) is 7.53. The maximum absolute atomic E-state index is 6.11. The Balaban J connectivity index is 1.90. The van der Waals surface area contributed by atoms with Crippen LogP contribution in [0.15, 0.2) is 35.3 Å². The Morgan fingerprint density at radius 3 is 2.65 bits per heavy atom. The van der Waals surface area contributed by atoms with Crippen molar-refractivity contribution < 1.29 is 18.9 Å². The van der Waals surface area contributed by atoms with Crippen LogP contribution in [0.2, 0.25) is 5.02 Å². The molecule has 2 aromatic rings. The number of nitrogens with zero attached hydrogens (tertiary/aromatic N) is 1. The van der Waals surface area contributed by atoms with E-state index in [9.17, 15) is 0 Å². The van der Waals surface area contributed by atoms with E-state index in [1.54, 1.807) is 25.5 Å². The molecule has 6 heteroatoms. The highest BCUT2D eigenvalue weighted by Gasteiger charge is 2.17. The van der Waals surface area contributed by atoms with Gasteiger partial charge in [0.05, 0.1) is 24.4 Å². The molecule has 1 aliphatic rings. The van der Waals surface area contributed by atoms with Crippen LogP contribution in [0.3, 0.4) is 0 Å². The lowest BCUT2D eigenvalue weighted by Crippen LogP contribution is -1.96. The number of benzene rings is 2. The minimum atomic E-state index is 0.218. The topological polar surface area (TPSA) is 49.3 Å². The summed E-state index contributed by atoms with van der Waals surface area (Å²) in [6, 6.07) is 9.01. The van der Waals surface area contributed by atoms with Crippen molar-refractivity contribution in [3.05, 3.63) is 40.9 Å². The molecule has 0 radical (unpaired) electrons. The van der Waals surface area contributed by atoms with Gasteiger partial charge in [-0.3, -0.25) is 4.99 Å². The maximum atomic E-state index is 6.11. The van der Waals surface area contributed by atoms with Crippen LogP contribution in [0.1, 0.15) is 12.5 Å². The summed E-state index contributed by atoms with van der Waals surface area (Å²) in [6.07, 6.45) is 1.71. The lowest BCUT2D eigenvalue weighted by atomic mass is 10.2. The molecule has 1 heterocycles. The number of aliphatic imine (C=N–C) groups is 1. The number of halogens is 1. The third-order valence-corrected chi connectivity index (χ3v) is 3.59. The van der Waals surface area contributed by atoms with Gasteiger partial charge < -0.3 is 18.9 Å². The first kappa shape index (κ1) is 15.5. The summed E-state index contributed by atoms with van der Waals surface area (Å²) in [4.78, 5) is 4.44. The molecule has 0 atom stereocenters. The third-order valence-electron chi connectivity index (χ3n) is 3.29. The average molecular weight is 334 g/mol. The average Bonchev–Trinajstić information content (AvgIpc) is 3.00. The zero-order chi connectivity index (χ0) is 16.2. The molecule has 0 unspecified atom stereocenters. The number of fused-ring (bicyclic) bond motifs is 1. The van der Waals surface area contributed by atoms with Crippen LogP contribution in [-0.4, -0.2) is 26.7 Å². The fourth-order valence-corrected chi connectivity index (χ4v) is 2.45. The molecular weight excluding hydrogens is 318 g/mol. The van der Waals surface area contributed by atoms with Gasteiger partial charge in [0.15, 0.2) is 11.5 Å². The van der Waals surface area contributed by atoms with Gasteiger partial charge in [-0.1, -0.05) is 11.6 Å². The van der Waals surface area contributed by atoms with Crippen LogP contribution in [0.5, 0.6) is 23.0 Å². The first-order chi connectivity index (χ1) is 11.2. The van der Waals surface area contributed by atoms with Gasteiger partial charge in [0.2, 0.25) is 6.79 Å². The van der Waals surface area contributed by atoms with E-state index in [2.05, 4.69) is 4.99 Å². The molecule has 0 bridgehead atoms. The van der Waals surface area contributed by atoms with E-state index in [-0.39, 0.29) is 6.79 Å². The Kier molecular flexibility index (Phi) is 4.57. The molecule has 0 aromatic heterocycles. The first-order valence-electron chi connectivity index (χ1n) is 7.15. The zero-order valence-electron chi connectivity index (χ0n) is 12.8. The summed E-state index contributed by atoms with van der Waals surface area (Å²) >= 11 is 6.11. The monoisotopic (exact) mass is 333 g/mol. The van der Waals surface area contributed by atoms with Crippen LogP contribution < -0.4 is 18.9 Å². The summed E-state index contributed by atoms with van der Waals surface area (Å²) in [7, 11) is 1.57. The molecule has 0 saturated carbocycles. The molecule has 0 aliphatic carbocycles. The van der Waals surface area contributed by atoms with Crippen molar-refractivity contribution in [2.45, 2.75) is 6.92 Å². The van der Waals surface area contributed by atoms with Crippen LogP contribution in [0.4, 0.5) is 5.69 Å². The molecule has 0 N–H and O–H groups in total. The third kappa shape index (κ3) is 3.35. The minimum Gasteiger partial charge on any atom is -0.495 e. The Bertz CT molecular complexity index is 746. The number of ether oxygens (including phenoxy) is 4. The highest BCUT2D eigenvalue weighted by molar-refractivity contribution is 6.32. The van der Waals surface area contributed by atoms with Gasteiger partial charge in [-0.15, -0.1) is 0 Å². The largest absolute Gasteiger partial charge is 0.495 e. The van der Waals surface area contributed by atoms with Crippen molar-refractivity contribution in [3.8, 4) is 23.0 Å². The highest BCUT2D eigenvalue weighted by atomic mass is 35.5. The van der Waals surface area contributed by atoms with E-state index in [0.29, 0.717) is 34.6 Å². The molecule has 3 rings (SSSR count). The van der Waals surface area contributed by atoms with E-state index < -0.39 is 0 Å². The van der Waals surface area contributed by atoms with Crippen LogP contribution in [0, 0.1) is 0 Å². The van der Waals surface area contributed by atoms with Crippen molar-refractivity contribution in [1.29, 1.82) is 0 Å². The summed E-state index contributed by atoms with van der Waals surface area (Å²) in [5, 5.41) is 0.512. The van der Waals surface area contributed by atoms with Gasteiger partial charge in [0.25, 0.3) is 0 Å². The van der Waals surface area contributed by atoms with Crippen LogP contribution in [-0.2, 0) is 0 Å². The molecule has 0 saturated heterocycles. The van der Waals surface area contributed by atoms with Gasteiger partial charge in [0, 0.05) is 17.8 Å². The molecule has 2 aromatic carbocycles. The van der Waals surface area contributed by atoms with Crippen molar-refractivity contribution in [1.82, 2.24) is 0 Å². The van der Waals surface area contributed by atoms with Gasteiger partial charge in [-0.05, 0) is 31.2 Å². The van der Waals surface area contributed by atoms with Crippen molar-refractivity contribution >= 4 is 23.5 Å². The van der Waals surface area contributed by atoms with E-state index >= 15 is 0 Å². The number of hydrogen-bond acceptors (Lipinski definition) is 5. The summed E-state index contributed by atoms with van der Waals surface area (Å²) in [5.41, 5.74) is 1.53. The Labute approximate surface area is 139 Å². The SMILES string of the molecule is CCOc1cc2c(cc1C=Nc1ccc(OC)c(Cl)c1)OCO2. The number of hydrogen-bond donors (Lipinski definition) is 0. The fourth-order valence-electron chi connectivity index (χ4n) is 2.20. The van der Waals surface area contributed by atoms with Gasteiger partial charge >= 0.3 is 0 Å². The lowest BCUT2D eigenvalue weighted by Gasteiger charge is -2.08. The van der Waals surface area contributed by atoms with Gasteiger partial charge in [-0.25, -0.2) is 0 Å². The zero-order valence-corrected chi connectivity index (χ0v) is 13.6. The molecule has 120 valence electrons. The normalized spacial score (nSPS) is 12.7. The smallest absolute Gasteiger partial charge is 0.231 e. The van der Waals surface area contributed by atoms with Crippen LogP contribution in [0.25, 0.3) is 0 Å². The second kappa shape index (κ2) is 6.79. The highest BCUT2D eigenvalue weighted by Crippen LogP contribution is 2.38. The summed E-state index contributed by atoms with van der Waals surface area (Å²) in [5.74, 6) is 2.67.